The topological polar surface area (TPSA) is 49.7 Å². The van der Waals surface area contributed by atoms with Crippen LogP contribution in [0.3, 0.4) is 0 Å². The Hall–Kier alpha value is -3.06. The van der Waals surface area contributed by atoms with Crippen LogP contribution in [0.25, 0.3) is 11.1 Å². The first kappa shape index (κ1) is 26.0. The number of ether oxygens (including phenoxy) is 1. The van der Waals surface area contributed by atoms with E-state index in [-0.39, 0.29) is 29.8 Å². The molecule has 1 aliphatic rings. The molecule has 0 bridgehead atoms. The molecule has 1 aliphatic carbocycles. The molecule has 1 unspecified atom stereocenters. The van der Waals surface area contributed by atoms with E-state index in [1.54, 1.807) is 36.4 Å². The molecule has 36 heavy (non-hydrogen) atoms. The standard InChI is InChI=1S/C29H30F4O3/c1-2-3-23(34)20-10-8-19(9-11-20)22-13-12-21(26(30)27(22)31)18-6-4-17(5-7-18)16-36-25-15-14-24(35)28(32)29(25)33/h8-15,17-18,23,34-35H,2-7,16H2,1H3. The molecule has 7 heteroatoms. The molecule has 192 valence electrons. The van der Waals surface area contributed by atoms with Crippen molar-refractivity contribution in [2.45, 2.75) is 57.5 Å². The number of phenols is 1. The van der Waals surface area contributed by atoms with E-state index in [1.807, 2.05) is 6.92 Å². The summed E-state index contributed by atoms with van der Waals surface area (Å²) in [5.74, 6) is -5.40. The van der Waals surface area contributed by atoms with Crippen LogP contribution in [0, 0.1) is 29.2 Å². The molecule has 0 saturated heterocycles. The normalized spacial score (nSPS) is 18.7. The van der Waals surface area contributed by atoms with Gasteiger partial charge < -0.3 is 14.9 Å². The second kappa shape index (κ2) is 11.3. The summed E-state index contributed by atoms with van der Waals surface area (Å²) in [6.07, 6.45) is 3.51. The van der Waals surface area contributed by atoms with E-state index < -0.39 is 35.1 Å². The first-order valence-corrected chi connectivity index (χ1v) is 12.4. The van der Waals surface area contributed by atoms with E-state index in [9.17, 15) is 19.0 Å². The van der Waals surface area contributed by atoms with Crippen LogP contribution in [0.5, 0.6) is 11.5 Å². The molecule has 1 atom stereocenters. The number of halogens is 4. The van der Waals surface area contributed by atoms with Gasteiger partial charge in [-0.15, -0.1) is 0 Å². The molecule has 1 saturated carbocycles. The third-order valence-electron chi connectivity index (χ3n) is 7.07. The third-order valence-corrected chi connectivity index (χ3v) is 7.07. The van der Waals surface area contributed by atoms with Crippen LogP contribution in [-0.2, 0) is 0 Å². The van der Waals surface area contributed by atoms with Crippen molar-refractivity contribution in [1.82, 2.24) is 0 Å². The maximum atomic E-state index is 15.1. The fourth-order valence-corrected chi connectivity index (χ4v) is 4.91. The van der Waals surface area contributed by atoms with Gasteiger partial charge in [-0.3, -0.25) is 0 Å². The molecule has 0 aromatic heterocycles. The monoisotopic (exact) mass is 502 g/mol. The van der Waals surface area contributed by atoms with Gasteiger partial charge in [0.1, 0.15) is 0 Å². The number of aliphatic hydroxyl groups is 1. The van der Waals surface area contributed by atoms with Crippen LogP contribution in [0.1, 0.15) is 68.6 Å². The lowest BCUT2D eigenvalue weighted by molar-refractivity contribution is 0.166. The zero-order valence-corrected chi connectivity index (χ0v) is 20.1. The number of phenolic OH excluding ortho intramolecular Hbond substituents is 1. The van der Waals surface area contributed by atoms with Gasteiger partial charge in [0.2, 0.25) is 11.6 Å². The van der Waals surface area contributed by atoms with Crippen LogP contribution in [0.2, 0.25) is 0 Å². The number of benzene rings is 3. The second-order valence-electron chi connectivity index (χ2n) is 9.50. The smallest absolute Gasteiger partial charge is 0.204 e. The highest BCUT2D eigenvalue weighted by Gasteiger charge is 2.27. The minimum absolute atomic E-state index is 0.0752. The van der Waals surface area contributed by atoms with Gasteiger partial charge in [0.25, 0.3) is 0 Å². The molecule has 1 fully saturated rings. The molecular formula is C29H30F4O3. The average molecular weight is 503 g/mol. The molecule has 3 aromatic carbocycles. The van der Waals surface area contributed by atoms with Crippen LogP contribution in [0.4, 0.5) is 17.6 Å². The van der Waals surface area contributed by atoms with Crippen molar-refractivity contribution < 1.29 is 32.5 Å². The maximum Gasteiger partial charge on any atom is 0.204 e. The quantitative estimate of drug-likeness (QED) is 0.309. The summed E-state index contributed by atoms with van der Waals surface area (Å²) in [4.78, 5) is 0. The Bertz CT molecular complexity index is 1190. The van der Waals surface area contributed by atoms with Gasteiger partial charge >= 0.3 is 0 Å². The molecule has 0 radical (unpaired) electrons. The van der Waals surface area contributed by atoms with Gasteiger partial charge in [0, 0.05) is 5.56 Å². The molecule has 0 amide bonds. The summed E-state index contributed by atoms with van der Waals surface area (Å²) < 4.78 is 62.9. The minimum atomic E-state index is -1.35. The summed E-state index contributed by atoms with van der Waals surface area (Å²) in [6.45, 7) is 2.16. The Kier molecular flexibility index (Phi) is 8.19. The second-order valence-corrected chi connectivity index (χ2v) is 9.50. The zero-order valence-electron chi connectivity index (χ0n) is 20.1. The first-order chi connectivity index (χ1) is 17.3. The van der Waals surface area contributed by atoms with Crippen molar-refractivity contribution in [3.05, 3.63) is 82.9 Å². The fourth-order valence-electron chi connectivity index (χ4n) is 4.91. The summed E-state index contributed by atoms with van der Waals surface area (Å²) in [7, 11) is 0. The number of aliphatic hydroxyl groups excluding tert-OH is 1. The Morgan fingerprint density at radius 3 is 2.19 bits per heavy atom. The van der Waals surface area contributed by atoms with E-state index in [2.05, 4.69) is 0 Å². The molecule has 0 aliphatic heterocycles. The van der Waals surface area contributed by atoms with Gasteiger partial charge in [-0.2, -0.15) is 8.78 Å². The summed E-state index contributed by atoms with van der Waals surface area (Å²) in [5, 5.41) is 19.3. The SMILES string of the molecule is CCCC(O)c1ccc(-c2ccc(C3CCC(COc4ccc(O)c(F)c4F)CC3)c(F)c2F)cc1. The van der Waals surface area contributed by atoms with Gasteiger partial charge in [-0.05, 0) is 72.8 Å². The lowest BCUT2D eigenvalue weighted by Gasteiger charge is -2.29. The highest BCUT2D eigenvalue weighted by atomic mass is 19.2. The Morgan fingerprint density at radius 2 is 1.53 bits per heavy atom. The van der Waals surface area contributed by atoms with Crippen molar-refractivity contribution in [3.8, 4) is 22.6 Å². The molecule has 0 spiro atoms. The Labute approximate surface area is 208 Å². The number of hydrogen-bond acceptors (Lipinski definition) is 3. The number of rotatable bonds is 8. The van der Waals surface area contributed by atoms with Crippen molar-refractivity contribution in [3.63, 3.8) is 0 Å². The largest absolute Gasteiger partial charge is 0.505 e. The van der Waals surface area contributed by atoms with E-state index in [4.69, 9.17) is 4.74 Å². The van der Waals surface area contributed by atoms with Crippen molar-refractivity contribution >= 4 is 0 Å². The van der Waals surface area contributed by atoms with Crippen LogP contribution in [0.15, 0.2) is 48.5 Å². The molecule has 3 nitrogen and oxygen atoms in total. The molecular weight excluding hydrogens is 472 g/mol. The van der Waals surface area contributed by atoms with Crippen molar-refractivity contribution in [2.24, 2.45) is 5.92 Å². The van der Waals surface area contributed by atoms with E-state index in [1.165, 1.54) is 6.07 Å². The molecule has 2 N–H and O–H groups in total. The van der Waals surface area contributed by atoms with Gasteiger partial charge in [0.15, 0.2) is 23.1 Å². The molecule has 3 aromatic rings. The highest BCUT2D eigenvalue weighted by molar-refractivity contribution is 5.65. The van der Waals surface area contributed by atoms with Gasteiger partial charge in [-0.1, -0.05) is 49.7 Å². The summed E-state index contributed by atoms with van der Waals surface area (Å²) >= 11 is 0. The van der Waals surface area contributed by atoms with Crippen molar-refractivity contribution in [2.75, 3.05) is 6.61 Å². The number of hydrogen-bond donors (Lipinski definition) is 2. The number of aromatic hydroxyl groups is 1. The Balaban J connectivity index is 1.38. The average Bonchev–Trinajstić information content (AvgIpc) is 2.89. The zero-order chi connectivity index (χ0) is 25.8. The van der Waals surface area contributed by atoms with Gasteiger partial charge in [0.05, 0.1) is 12.7 Å². The van der Waals surface area contributed by atoms with Crippen molar-refractivity contribution in [1.29, 1.82) is 0 Å². The summed E-state index contributed by atoms with van der Waals surface area (Å²) in [5.41, 5.74) is 1.82. The maximum absolute atomic E-state index is 15.1. The van der Waals surface area contributed by atoms with Crippen LogP contribution in [-0.4, -0.2) is 16.8 Å². The highest BCUT2D eigenvalue weighted by Crippen LogP contribution is 2.39. The van der Waals surface area contributed by atoms with Gasteiger partial charge in [-0.25, -0.2) is 8.78 Å². The molecule has 4 rings (SSSR count). The predicted molar refractivity (Wildman–Crippen MR) is 130 cm³/mol. The lowest BCUT2D eigenvalue weighted by Crippen LogP contribution is -2.20. The van der Waals surface area contributed by atoms with Crippen LogP contribution < -0.4 is 4.74 Å². The summed E-state index contributed by atoms with van der Waals surface area (Å²) in [6, 6.07) is 12.3. The minimum Gasteiger partial charge on any atom is -0.505 e. The Morgan fingerprint density at radius 1 is 0.833 bits per heavy atom. The first-order valence-electron chi connectivity index (χ1n) is 12.4. The lowest BCUT2D eigenvalue weighted by atomic mass is 9.78. The van der Waals surface area contributed by atoms with Crippen LogP contribution >= 0.6 is 0 Å². The fraction of sp³-hybridized carbons (Fsp3) is 0.379. The third kappa shape index (κ3) is 5.51. The van der Waals surface area contributed by atoms with E-state index in [0.717, 1.165) is 18.1 Å². The van der Waals surface area contributed by atoms with E-state index >= 15 is 8.78 Å². The van der Waals surface area contributed by atoms with E-state index in [0.29, 0.717) is 43.2 Å². The molecule has 0 heterocycles. The predicted octanol–water partition coefficient (Wildman–Crippen LogP) is 7.80.